The Kier molecular flexibility index (Phi) is 16.0. The number of esters is 1. The molecule has 0 saturated carbocycles. The largest absolute Gasteiger partial charge is 0.506 e. The maximum Gasteiger partial charge on any atom is 0.337 e. The van der Waals surface area contributed by atoms with Crippen molar-refractivity contribution in [2.75, 3.05) is 63.2 Å². The summed E-state index contributed by atoms with van der Waals surface area (Å²) >= 11 is 1.58. The number of aliphatic hydroxyl groups excluding tert-OH is 1. The van der Waals surface area contributed by atoms with Crippen LogP contribution in [-0.2, 0) is 30.5 Å². The maximum atomic E-state index is 14.0. The van der Waals surface area contributed by atoms with Crippen LogP contribution in [0, 0.1) is 12.3 Å². The molecule has 3 heterocycles. The highest BCUT2D eigenvalue weighted by Crippen LogP contribution is 2.29. The van der Waals surface area contributed by atoms with Crippen LogP contribution in [-0.4, -0.2) is 126 Å². The van der Waals surface area contributed by atoms with Crippen LogP contribution in [0.3, 0.4) is 0 Å². The molecule has 0 radical (unpaired) electrons. The SMILES string of the molecule is COC(=O)c1ccc(O)c(NC(=O)COc2ccc(N3CCN(CCCCC(=O)N[C@H](C(=O)N4C[C@H](O)C[C@H]4C(=O)NCc4ccc(-c5scnc5C)cc4)C(C)(C)C)CC3)cc2)c1. The minimum absolute atomic E-state index is 0.0154. The fourth-order valence-corrected chi connectivity index (χ4v) is 8.65. The third kappa shape index (κ3) is 12.6. The lowest BCUT2D eigenvalue weighted by Gasteiger charge is -2.36. The van der Waals surface area contributed by atoms with Gasteiger partial charge >= 0.3 is 5.97 Å². The predicted molar refractivity (Wildman–Crippen MR) is 244 cm³/mol. The molecule has 64 heavy (non-hydrogen) atoms. The van der Waals surface area contributed by atoms with Gasteiger partial charge in [0.25, 0.3) is 5.91 Å². The number of carbonyl (C=O) groups is 5. The Hall–Kier alpha value is -6.04. The number of hydrogen-bond donors (Lipinski definition) is 5. The van der Waals surface area contributed by atoms with Crippen LogP contribution in [0.25, 0.3) is 10.4 Å². The van der Waals surface area contributed by atoms with Crippen molar-refractivity contribution in [2.45, 2.75) is 78.1 Å². The highest BCUT2D eigenvalue weighted by Gasteiger charge is 2.44. The molecule has 4 aromatic rings. The van der Waals surface area contributed by atoms with Crippen molar-refractivity contribution in [3.8, 4) is 21.9 Å². The number of ether oxygens (including phenoxy) is 2. The second kappa shape index (κ2) is 21.6. The van der Waals surface area contributed by atoms with Gasteiger partial charge in [0.1, 0.15) is 23.6 Å². The van der Waals surface area contributed by atoms with Crippen molar-refractivity contribution in [3.63, 3.8) is 0 Å². The van der Waals surface area contributed by atoms with Crippen LogP contribution in [0.4, 0.5) is 11.4 Å². The van der Waals surface area contributed by atoms with E-state index < -0.39 is 35.5 Å². The van der Waals surface area contributed by atoms with E-state index in [-0.39, 0.29) is 67.3 Å². The second-order valence-electron chi connectivity index (χ2n) is 17.3. The summed E-state index contributed by atoms with van der Waals surface area (Å²) in [4.78, 5) is 76.5. The number of β-amino-alcohol motifs (C(OH)–C–C–N with tert-alkyl or cyclic N) is 1. The van der Waals surface area contributed by atoms with Crippen molar-refractivity contribution < 1.29 is 43.7 Å². The number of phenols is 1. The van der Waals surface area contributed by atoms with E-state index in [1.54, 1.807) is 23.5 Å². The first kappa shape index (κ1) is 47.4. The molecule has 0 aliphatic carbocycles. The van der Waals surface area contributed by atoms with Gasteiger partial charge in [0.15, 0.2) is 6.61 Å². The zero-order valence-electron chi connectivity index (χ0n) is 37.1. The predicted octanol–water partition coefficient (Wildman–Crippen LogP) is 4.73. The number of phenolic OH excluding ortho intramolecular Hbond substituents is 1. The van der Waals surface area contributed by atoms with Gasteiger partial charge in [0.2, 0.25) is 17.7 Å². The van der Waals surface area contributed by atoms with Gasteiger partial charge in [-0.2, -0.15) is 0 Å². The van der Waals surface area contributed by atoms with E-state index in [0.29, 0.717) is 12.2 Å². The lowest BCUT2D eigenvalue weighted by Crippen LogP contribution is -2.57. The van der Waals surface area contributed by atoms with Gasteiger partial charge in [-0.15, -0.1) is 11.3 Å². The minimum Gasteiger partial charge on any atom is -0.506 e. The fraction of sp³-hybridized carbons (Fsp3) is 0.447. The summed E-state index contributed by atoms with van der Waals surface area (Å²) in [7, 11) is 1.25. The zero-order valence-corrected chi connectivity index (χ0v) is 37.9. The molecule has 2 fully saturated rings. The molecule has 2 saturated heterocycles. The Balaban J connectivity index is 0.897. The van der Waals surface area contributed by atoms with Gasteiger partial charge in [-0.05, 0) is 85.3 Å². The molecule has 1 aromatic heterocycles. The highest BCUT2D eigenvalue weighted by atomic mass is 32.1. The number of piperazine rings is 1. The number of thiazole rings is 1. The van der Waals surface area contributed by atoms with Crippen molar-refractivity contribution in [3.05, 3.63) is 89.1 Å². The van der Waals surface area contributed by atoms with E-state index >= 15 is 0 Å². The average molecular weight is 898 g/mol. The number of nitrogens with zero attached hydrogens (tertiary/aromatic N) is 4. The number of aromatic nitrogens is 1. The summed E-state index contributed by atoms with van der Waals surface area (Å²) in [5, 5.41) is 29.1. The maximum absolute atomic E-state index is 14.0. The van der Waals surface area contributed by atoms with Gasteiger partial charge < -0.3 is 45.4 Å². The topological polar surface area (TPSA) is 203 Å². The molecule has 4 amide bonds. The first-order valence-corrected chi connectivity index (χ1v) is 22.4. The van der Waals surface area contributed by atoms with Gasteiger partial charge in [-0.3, -0.25) is 24.1 Å². The van der Waals surface area contributed by atoms with Crippen LogP contribution in [0.15, 0.2) is 72.2 Å². The molecule has 0 bridgehead atoms. The number of rotatable bonds is 17. The number of benzene rings is 3. The lowest BCUT2D eigenvalue weighted by atomic mass is 9.85. The molecule has 3 atom stereocenters. The molecule has 342 valence electrons. The fourth-order valence-electron chi connectivity index (χ4n) is 7.83. The van der Waals surface area contributed by atoms with Gasteiger partial charge in [-0.1, -0.05) is 45.0 Å². The number of nitrogens with one attached hydrogen (secondary N) is 3. The van der Waals surface area contributed by atoms with Crippen molar-refractivity contribution >= 4 is 52.3 Å². The molecular formula is C47H59N7O9S. The van der Waals surface area contributed by atoms with E-state index in [4.69, 9.17) is 9.47 Å². The molecule has 17 heteroatoms. The first-order chi connectivity index (χ1) is 30.6. The Morgan fingerprint density at radius 2 is 1.66 bits per heavy atom. The van der Waals surface area contributed by atoms with Gasteiger partial charge in [0.05, 0.1) is 40.5 Å². The van der Waals surface area contributed by atoms with Gasteiger partial charge in [-0.25, -0.2) is 9.78 Å². The first-order valence-electron chi connectivity index (χ1n) is 21.6. The number of aryl methyl sites for hydroxylation is 1. The van der Waals surface area contributed by atoms with E-state index in [9.17, 15) is 34.2 Å². The number of likely N-dealkylation sites (tertiary alicyclic amines) is 1. The summed E-state index contributed by atoms with van der Waals surface area (Å²) in [6, 6.07) is 17.7. The Morgan fingerprint density at radius 1 is 0.938 bits per heavy atom. The zero-order chi connectivity index (χ0) is 46.0. The summed E-state index contributed by atoms with van der Waals surface area (Å²) < 4.78 is 10.3. The molecule has 2 aliphatic rings. The summed E-state index contributed by atoms with van der Waals surface area (Å²) in [5.41, 5.74) is 5.39. The molecule has 6 rings (SSSR count). The van der Waals surface area contributed by atoms with Crippen LogP contribution >= 0.6 is 11.3 Å². The quantitative estimate of drug-likeness (QED) is 0.0555. The molecule has 0 unspecified atom stereocenters. The van der Waals surface area contributed by atoms with Crippen molar-refractivity contribution in [1.29, 1.82) is 0 Å². The smallest absolute Gasteiger partial charge is 0.337 e. The van der Waals surface area contributed by atoms with Crippen LogP contribution in [0.1, 0.15) is 68.1 Å². The number of hydrogen-bond acceptors (Lipinski definition) is 13. The standard InChI is InChI=1S/C47H59N7O9S/c1-30-42(64-29-49-30)32-11-9-31(10-12-32)26-48-44(59)38-25-35(55)27-54(38)45(60)43(47(2,3)4)51-40(57)8-6-7-19-52-20-22-53(23-21-52)34-14-16-36(17-15-34)63-28-41(58)50-37-24-33(46(61)62-5)13-18-39(37)56/h9-18,24,29,35,38,43,55-56H,6-8,19-23,25-28H2,1-5H3,(H,48,59)(H,50,58)(H,51,57)/t35-,38+,43-/m1/s1. The normalized spacial score (nSPS) is 17.1. The van der Waals surface area contributed by atoms with Crippen LogP contribution in [0.5, 0.6) is 11.5 Å². The molecular weight excluding hydrogens is 839 g/mol. The molecule has 16 nitrogen and oxygen atoms in total. The number of unbranched alkanes of at least 4 members (excludes halogenated alkanes) is 1. The number of anilines is 2. The lowest BCUT2D eigenvalue weighted by molar-refractivity contribution is -0.144. The number of amides is 4. The molecule has 5 N–H and O–H groups in total. The summed E-state index contributed by atoms with van der Waals surface area (Å²) in [6.45, 7) is 11.8. The van der Waals surface area contributed by atoms with E-state index in [2.05, 4.69) is 30.7 Å². The number of aliphatic hydroxyl groups is 1. The van der Waals surface area contributed by atoms with Crippen molar-refractivity contribution in [1.82, 2.24) is 25.4 Å². The van der Waals surface area contributed by atoms with Crippen LogP contribution in [0.2, 0.25) is 0 Å². The second-order valence-corrected chi connectivity index (χ2v) is 18.1. The molecule has 2 aliphatic heterocycles. The Bertz CT molecular complexity index is 2250. The minimum atomic E-state index is -0.879. The third-order valence-electron chi connectivity index (χ3n) is 11.5. The Morgan fingerprint density at radius 3 is 2.31 bits per heavy atom. The van der Waals surface area contributed by atoms with Crippen molar-refractivity contribution in [2.24, 2.45) is 5.41 Å². The van der Waals surface area contributed by atoms with E-state index in [1.165, 1.54) is 30.2 Å². The highest BCUT2D eigenvalue weighted by molar-refractivity contribution is 7.13. The molecule has 0 spiro atoms. The van der Waals surface area contributed by atoms with Crippen LogP contribution < -0.4 is 25.6 Å². The number of carbonyl (C=O) groups excluding carboxylic acids is 5. The van der Waals surface area contributed by atoms with E-state index in [1.807, 2.05) is 69.6 Å². The average Bonchev–Trinajstić information content (AvgIpc) is 3.91. The third-order valence-corrected chi connectivity index (χ3v) is 12.5. The summed E-state index contributed by atoms with van der Waals surface area (Å²) in [5.74, 6) is -1.74. The monoisotopic (exact) mass is 897 g/mol. The van der Waals surface area contributed by atoms with Gasteiger partial charge in [0, 0.05) is 57.8 Å². The summed E-state index contributed by atoms with van der Waals surface area (Å²) in [6.07, 6.45) is 0.991. The van der Waals surface area contributed by atoms with E-state index in [0.717, 1.165) is 66.5 Å². The molecule has 3 aromatic carbocycles. The Labute approximate surface area is 377 Å². The number of methoxy groups -OCH3 is 1. The number of aromatic hydroxyl groups is 1.